The van der Waals surface area contributed by atoms with E-state index in [9.17, 15) is 0 Å². The van der Waals surface area contributed by atoms with Crippen LogP contribution in [0.25, 0.3) is 71.3 Å². The minimum Gasteiger partial charge on any atom is -0.310 e. The van der Waals surface area contributed by atoms with Gasteiger partial charge < -0.3 is 9.47 Å². The smallest absolute Gasteiger partial charge is 0.0619 e. The van der Waals surface area contributed by atoms with Crippen molar-refractivity contribution in [2.75, 3.05) is 4.90 Å². The molecule has 0 aliphatic carbocycles. The summed E-state index contributed by atoms with van der Waals surface area (Å²) < 4.78 is 2.44. The van der Waals surface area contributed by atoms with Gasteiger partial charge >= 0.3 is 0 Å². The van der Waals surface area contributed by atoms with Gasteiger partial charge in [0, 0.05) is 38.9 Å². The van der Waals surface area contributed by atoms with Gasteiger partial charge in [-0.25, -0.2) is 0 Å². The Morgan fingerprint density at radius 2 is 0.827 bits per heavy atom. The number of aromatic nitrogens is 1. The van der Waals surface area contributed by atoms with Gasteiger partial charge in [0.15, 0.2) is 0 Å². The second-order valence-corrected chi connectivity index (χ2v) is 13.4. The Hall–Kier alpha value is -6.90. The molecule has 0 aliphatic heterocycles. The minimum atomic E-state index is 1.11. The van der Waals surface area contributed by atoms with Gasteiger partial charge in [0.05, 0.1) is 11.0 Å². The standard InChI is InChI=1S/C50H34N2/c1-3-11-35(12-4-1)37-19-26-43(27-20-37)51(45-30-23-36-13-7-8-15-40(36)33-45)44-28-21-38(22-29-44)41-25-31-47-48-32-24-39-14-9-10-18-46(39)50(48)52(49(47)34-41)42-16-5-2-6-17-42/h1-34H. The maximum Gasteiger partial charge on any atom is 0.0619 e. The molecule has 9 aromatic carbocycles. The summed E-state index contributed by atoms with van der Waals surface area (Å²) in [5.41, 5.74) is 11.7. The number of benzene rings is 9. The van der Waals surface area contributed by atoms with Crippen LogP contribution < -0.4 is 4.90 Å². The van der Waals surface area contributed by atoms with Gasteiger partial charge in [-0.3, -0.25) is 0 Å². The fraction of sp³-hybridized carbons (Fsp3) is 0. The number of rotatable bonds is 6. The molecule has 0 radical (unpaired) electrons. The fourth-order valence-electron chi connectivity index (χ4n) is 7.80. The summed E-state index contributed by atoms with van der Waals surface area (Å²) in [7, 11) is 0. The molecule has 0 atom stereocenters. The Kier molecular flexibility index (Phi) is 7.18. The highest BCUT2D eigenvalue weighted by molar-refractivity contribution is 6.19. The van der Waals surface area contributed by atoms with Crippen LogP contribution in [-0.4, -0.2) is 4.57 Å². The third-order valence-electron chi connectivity index (χ3n) is 10.4. The van der Waals surface area contributed by atoms with E-state index < -0.39 is 0 Å². The van der Waals surface area contributed by atoms with Crippen LogP contribution in [-0.2, 0) is 0 Å². The van der Waals surface area contributed by atoms with Crippen LogP contribution in [0.15, 0.2) is 206 Å². The molecule has 52 heavy (non-hydrogen) atoms. The molecule has 10 aromatic rings. The van der Waals surface area contributed by atoms with Crippen molar-refractivity contribution in [3.63, 3.8) is 0 Å². The van der Waals surface area contributed by atoms with E-state index in [1.54, 1.807) is 0 Å². The second-order valence-electron chi connectivity index (χ2n) is 13.4. The number of nitrogens with zero attached hydrogens (tertiary/aromatic N) is 2. The van der Waals surface area contributed by atoms with E-state index in [-0.39, 0.29) is 0 Å². The molecule has 1 heterocycles. The monoisotopic (exact) mass is 662 g/mol. The SMILES string of the molecule is c1ccc(-c2ccc(N(c3ccc(-c4ccc5c6ccc7ccccc7c6n(-c6ccccc6)c5c4)cc3)c3ccc4ccccc4c3)cc2)cc1. The van der Waals surface area contributed by atoms with Crippen LogP contribution in [0.3, 0.4) is 0 Å². The summed E-state index contributed by atoms with van der Waals surface area (Å²) >= 11 is 0. The number of hydrogen-bond donors (Lipinski definition) is 0. The third-order valence-corrected chi connectivity index (χ3v) is 10.4. The largest absolute Gasteiger partial charge is 0.310 e. The fourth-order valence-corrected chi connectivity index (χ4v) is 7.80. The van der Waals surface area contributed by atoms with E-state index in [4.69, 9.17) is 0 Å². The predicted octanol–water partition coefficient (Wildman–Crippen LogP) is 13.9. The zero-order valence-corrected chi connectivity index (χ0v) is 28.5. The molecule has 2 heteroatoms. The lowest BCUT2D eigenvalue weighted by Gasteiger charge is -2.26. The van der Waals surface area contributed by atoms with Gasteiger partial charge in [-0.05, 0) is 93.0 Å². The van der Waals surface area contributed by atoms with Crippen LogP contribution in [0.2, 0.25) is 0 Å². The molecule has 0 N–H and O–H groups in total. The Labute approximate surface area is 303 Å². The first-order chi connectivity index (χ1) is 25.8. The zero-order valence-electron chi connectivity index (χ0n) is 28.5. The van der Waals surface area contributed by atoms with Crippen LogP contribution in [0, 0.1) is 0 Å². The van der Waals surface area contributed by atoms with E-state index in [2.05, 4.69) is 216 Å². The zero-order chi connectivity index (χ0) is 34.4. The quantitative estimate of drug-likeness (QED) is 0.172. The van der Waals surface area contributed by atoms with Crippen LogP contribution >= 0.6 is 0 Å². The second kappa shape index (κ2) is 12.5. The normalized spacial score (nSPS) is 11.5. The first kappa shape index (κ1) is 30.0. The highest BCUT2D eigenvalue weighted by Gasteiger charge is 2.17. The van der Waals surface area contributed by atoms with Crippen molar-refractivity contribution in [2.24, 2.45) is 0 Å². The van der Waals surface area contributed by atoms with Crippen molar-refractivity contribution < 1.29 is 0 Å². The average Bonchev–Trinajstić information content (AvgIpc) is 3.56. The van der Waals surface area contributed by atoms with Crippen molar-refractivity contribution in [1.29, 1.82) is 0 Å². The van der Waals surface area contributed by atoms with Gasteiger partial charge in [0.1, 0.15) is 0 Å². The molecule has 0 fully saturated rings. The first-order valence-electron chi connectivity index (χ1n) is 17.8. The molecule has 244 valence electrons. The molecule has 2 nitrogen and oxygen atoms in total. The Bertz CT molecular complexity index is 2870. The predicted molar refractivity (Wildman–Crippen MR) is 221 cm³/mol. The topological polar surface area (TPSA) is 8.17 Å². The lowest BCUT2D eigenvalue weighted by Crippen LogP contribution is -2.09. The molecule has 10 rings (SSSR count). The molecule has 0 saturated heterocycles. The average molecular weight is 663 g/mol. The molecule has 0 amide bonds. The Morgan fingerprint density at radius 1 is 0.308 bits per heavy atom. The van der Waals surface area contributed by atoms with Gasteiger partial charge in [0.25, 0.3) is 0 Å². The van der Waals surface area contributed by atoms with Crippen molar-refractivity contribution in [2.45, 2.75) is 0 Å². The van der Waals surface area contributed by atoms with E-state index in [0.717, 1.165) is 22.7 Å². The Balaban J connectivity index is 1.09. The molecule has 0 aliphatic rings. The summed E-state index contributed by atoms with van der Waals surface area (Å²) in [5, 5.41) is 7.48. The molecule has 0 spiro atoms. The number of hydrogen-bond acceptors (Lipinski definition) is 1. The molecule has 1 aromatic heterocycles. The number of fused-ring (bicyclic) bond motifs is 6. The van der Waals surface area contributed by atoms with Gasteiger partial charge in [-0.15, -0.1) is 0 Å². The molecule has 0 bridgehead atoms. The van der Waals surface area contributed by atoms with Crippen LogP contribution in [0.1, 0.15) is 0 Å². The summed E-state index contributed by atoms with van der Waals surface area (Å²) in [4.78, 5) is 2.35. The molecular formula is C50H34N2. The van der Waals surface area contributed by atoms with E-state index >= 15 is 0 Å². The number of para-hydroxylation sites is 1. The van der Waals surface area contributed by atoms with Crippen LogP contribution in [0.5, 0.6) is 0 Å². The summed E-state index contributed by atoms with van der Waals surface area (Å²) in [6.07, 6.45) is 0. The first-order valence-corrected chi connectivity index (χ1v) is 17.8. The van der Waals surface area contributed by atoms with Crippen molar-refractivity contribution in [3.8, 4) is 27.9 Å². The molecule has 0 unspecified atom stereocenters. The maximum absolute atomic E-state index is 2.44. The minimum absolute atomic E-state index is 1.11. The summed E-state index contributed by atoms with van der Waals surface area (Å²) in [6.45, 7) is 0. The maximum atomic E-state index is 2.44. The van der Waals surface area contributed by atoms with Crippen molar-refractivity contribution in [3.05, 3.63) is 206 Å². The van der Waals surface area contributed by atoms with Crippen molar-refractivity contribution >= 4 is 60.4 Å². The van der Waals surface area contributed by atoms with E-state index in [0.29, 0.717) is 0 Å². The van der Waals surface area contributed by atoms with E-state index in [1.165, 1.54) is 65.6 Å². The summed E-state index contributed by atoms with van der Waals surface area (Å²) in [6, 6.07) is 74.6. The van der Waals surface area contributed by atoms with Crippen LogP contribution in [0.4, 0.5) is 17.1 Å². The molecular weight excluding hydrogens is 629 g/mol. The van der Waals surface area contributed by atoms with Gasteiger partial charge in [-0.2, -0.15) is 0 Å². The highest BCUT2D eigenvalue weighted by Crippen LogP contribution is 2.40. The lowest BCUT2D eigenvalue weighted by atomic mass is 10.0. The number of anilines is 3. The van der Waals surface area contributed by atoms with E-state index in [1.807, 2.05) is 0 Å². The van der Waals surface area contributed by atoms with Gasteiger partial charge in [0.2, 0.25) is 0 Å². The Morgan fingerprint density at radius 3 is 1.56 bits per heavy atom. The molecule has 0 saturated carbocycles. The third kappa shape index (κ3) is 5.12. The summed E-state index contributed by atoms with van der Waals surface area (Å²) in [5.74, 6) is 0. The van der Waals surface area contributed by atoms with Crippen molar-refractivity contribution in [1.82, 2.24) is 4.57 Å². The highest BCUT2D eigenvalue weighted by atomic mass is 15.1. The lowest BCUT2D eigenvalue weighted by molar-refractivity contribution is 1.19. The van der Waals surface area contributed by atoms with Gasteiger partial charge in [-0.1, -0.05) is 152 Å².